The van der Waals surface area contributed by atoms with E-state index in [1.54, 1.807) is 31.3 Å². The monoisotopic (exact) mass is 442 g/mol. The summed E-state index contributed by atoms with van der Waals surface area (Å²) < 4.78 is 27.1. The standard InChI is InChI=1S/C19H20Cl2N2O4S/c1-13(24)15-4-3-5-16(11-15)28(26,27)22-9-8-19(25)23(2)12-14-6-7-17(20)18(21)10-14/h3-7,10-11,22H,8-9,12H2,1-2H3. The first-order valence-electron chi connectivity index (χ1n) is 8.38. The minimum absolute atomic E-state index is 0.0105. The van der Waals surface area contributed by atoms with Crippen molar-refractivity contribution < 1.29 is 18.0 Å². The molecule has 0 bridgehead atoms. The van der Waals surface area contributed by atoms with Gasteiger partial charge in [0.25, 0.3) is 0 Å². The van der Waals surface area contributed by atoms with E-state index in [1.165, 1.54) is 30.0 Å². The minimum Gasteiger partial charge on any atom is -0.341 e. The Morgan fingerprint density at radius 3 is 2.43 bits per heavy atom. The van der Waals surface area contributed by atoms with Gasteiger partial charge < -0.3 is 4.90 Å². The van der Waals surface area contributed by atoms with E-state index in [0.717, 1.165) is 5.56 Å². The largest absolute Gasteiger partial charge is 0.341 e. The van der Waals surface area contributed by atoms with E-state index >= 15 is 0 Å². The number of benzene rings is 2. The van der Waals surface area contributed by atoms with Crippen molar-refractivity contribution >= 4 is 44.9 Å². The maximum Gasteiger partial charge on any atom is 0.240 e. The van der Waals surface area contributed by atoms with Crippen LogP contribution in [-0.4, -0.2) is 38.6 Å². The average molecular weight is 443 g/mol. The lowest BCUT2D eigenvalue weighted by Gasteiger charge is -2.18. The van der Waals surface area contributed by atoms with E-state index in [4.69, 9.17) is 23.2 Å². The molecule has 0 atom stereocenters. The summed E-state index contributed by atoms with van der Waals surface area (Å²) in [5.74, 6) is -0.456. The third-order valence-electron chi connectivity index (χ3n) is 4.01. The van der Waals surface area contributed by atoms with E-state index in [2.05, 4.69) is 4.72 Å². The third kappa shape index (κ3) is 6.04. The third-order valence-corrected chi connectivity index (χ3v) is 6.21. The molecule has 2 aromatic carbocycles. The summed E-state index contributed by atoms with van der Waals surface area (Å²) in [6.07, 6.45) is -0.0105. The van der Waals surface area contributed by atoms with E-state index in [9.17, 15) is 18.0 Å². The van der Waals surface area contributed by atoms with Crippen molar-refractivity contribution in [3.63, 3.8) is 0 Å². The Labute approximate surface area is 174 Å². The lowest BCUT2D eigenvalue weighted by Crippen LogP contribution is -2.32. The van der Waals surface area contributed by atoms with Crippen molar-refractivity contribution in [1.82, 2.24) is 9.62 Å². The molecule has 0 saturated carbocycles. The number of Topliss-reactive ketones (excluding diaryl/α,β-unsaturated/α-hetero) is 1. The fraction of sp³-hybridized carbons (Fsp3) is 0.263. The van der Waals surface area contributed by atoms with Crippen LogP contribution in [-0.2, 0) is 21.4 Å². The Kier molecular flexibility index (Phi) is 7.60. The minimum atomic E-state index is -3.81. The van der Waals surface area contributed by atoms with Crippen LogP contribution >= 0.6 is 23.2 Å². The van der Waals surface area contributed by atoms with Crippen LogP contribution in [0.5, 0.6) is 0 Å². The fourth-order valence-corrected chi connectivity index (χ4v) is 3.85. The van der Waals surface area contributed by atoms with Crippen molar-refractivity contribution in [2.24, 2.45) is 0 Å². The SMILES string of the molecule is CC(=O)c1cccc(S(=O)(=O)NCCC(=O)N(C)Cc2ccc(Cl)c(Cl)c2)c1. The lowest BCUT2D eigenvalue weighted by molar-refractivity contribution is -0.130. The number of hydrogen-bond acceptors (Lipinski definition) is 4. The molecule has 0 spiro atoms. The number of sulfonamides is 1. The zero-order valence-corrected chi connectivity index (χ0v) is 17.7. The van der Waals surface area contributed by atoms with Crippen molar-refractivity contribution in [3.8, 4) is 0 Å². The predicted octanol–water partition coefficient (Wildman–Crippen LogP) is 3.52. The van der Waals surface area contributed by atoms with Gasteiger partial charge in [0.2, 0.25) is 15.9 Å². The topological polar surface area (TPSA) is 83.5 Å². The van der Waals surface area contributed by atoms with Gasteiger partial charge in [-0.25, -0.2) is 13.1 Å². The zero-order chi connectivity index (χ0) is 20.9. The zero-order valence-electron chi connectivity index (χ0n) is 15.4. The van der Waals surface area contributed by atoms with Crippen LogP contribution in [0.4, 0.5) is 0 Å². The highest BCUT2D eigenvalue weighted by Crippen LogP contribution is 2.23. The molecule has 1 amide bonds. The number of halogens is 2. The summed E-state index contributed by atoms with van der Waals surface area (Å²) in [4.78, 5) is 25.1. The van der Waals surface area contributed by atoms with Crippen LogP contribution < -0.4 is 4.72 Å². The molecule has 28 heavy (non-hydrogen) atoms. The molecule has 0 aromatic heterocycles. The molecule has 0 aliphatic heterocycles. The van der Waals surface area contributed by atoms with Crippen LogP contribution in [0.2, 0.25) is 10.0 Å². The van der Waals surface area contributed by atoms with Crippen molar-refractivity contribution in [2.75, 3.05) is 13.6 Å². The lowest BCUT2D eigenvalue weighted by atomic mass is 10.2. The van der Waals surface area contributed by atoms with Gasteiger partial charge in [-0.15, -0.1) is 0 Å². The first-order valence-corrected chi connectivity index (χ1v) is 10.6. The summed E-state index contributed by atoms with van der Waals surface area (Å²) >= 11 is 11.8. The summed E-state index contributed by atoms with van der Waals surface area (Å²) in [7, 11) is -2.19. The van der Waals surface area contributed by atoms with E-state index in [1.807, 2.05) is 0 Å². The molecule has 6 nitrogen and oxygen atoms in total. The van der Waals surface area contributed by atoms with E-state index in [0.29, 0.717) is 22.2 Å². The Balaban J connectivity index is 1.92. The van der Waals surface area contributed by atoms with Crippen molar-refractivity contribution in [3.05, 3.63) is 63.6 Å². The van der Waals surface area contributed by atoms with Gasteiger partial charge in [0.1, 0.15) is 0 Å². The number of carbonyl (C=O) groups is 2. The number of ketones is 1. The first kappa shape index (κ1) is 22.4. The maximum atomic E-state index is 12.3. The van der Waals surface area contributed by atoms with Gasteiger partial charge in [-0.05, 0) is 36.8 Å². The molecule has 0 fully saturated rings. The van der Waals surface area contributed by atoms with Crippen molar-refractivity contribution in [1.29, 1.82) is 0 Å². The molecule has 0 aliphatic carbocycles. The van der Waals surface area contributed by atoms with E-state index < -0.39 is 10.0 Å². The smallest absolute Gasteiger partial charge is 0.240 e. The number of rotatable bonds is 8. The first-order chi connectivity index (χ1) is 13.1. The normalized spacial score (nSPS) is 11.3. The predicted molar refractivity (Wildman–Crippen MR) is 109 cm³/mol. The fourth-order valence-electron chi connectivity index (χ4n) is 2.45. The van der Waals surface area contributed by atoms with Gasteiger partial charge in [-0.3, -0.25) is 9.59 Å². The molecule has 150 valence electrons. The molecular weight excluding hydrogens is 423 g/mol. The average Bonchev–Trinajstić information content (AvgIpc) is 2.64. The maximum absolute atomic E-state index is 12.3. The van der Waals surface area contributed by atoms with Crippen LogP contribution in [0.15, 0.2) is 47.4 Å². The van der Waals surface area contributed by atoms with Crippen LogP contribution in [0, 0.1) is 0 Å². The molecule has 0 aliphatic rings. The second-order valence-electron chi connectivity index (χ2n) is 6.23. The molecule has 1 N–H and O–H groups in total. The summed E-state index contributed by atoms with van der Waals surface area (Å²) in [6, 6.07) is 10.8. The van der Waals surface area contributed by atoms with Gasteiger partial charge in [0, 0.05) is 32.1 Å². The molecule has 0 radical (unpaired) electrons. The Bertz CT molecular complexity index is 993. The highest BCUT2D eigenvalue weighted by atomic mass is 35.5. The Morgan fingerprint density at radius 2 is 1.79 bits per heavy atom. The number of nitrogens with one attached hydrogen (secondary N) is 1. The highest BCUT2D eigenvalue weighted by Gasteiger charge is 2.17. The highest BCUT2D eigenvalue weighted by molar-refractivity contribution is 7.89. The number of nitrogens with zero attached hydrogens (tertiary/aromatic N) is 1. The summed E-state index contributed by atoms with van der Waals surface area (Å²) in [6.45, 7) is 1.63. The van der Waals surface area contributed by atoms with Gasteiger partial charge >= 0.3 is 0 Å². The van der Waals surface area contributed by atoms with E-state index in [-0.39, 0.29) is 29.6 Å². The van der Waals surface area contributed by atoms with Gasteiger partial charge in [0.05, 0.1) is 14.9 Å². The van der Waals surface area contributed by atoms with Gasteiger partial charge in [-0.1, -0.05) is 41.4 Å². The summed E-state index contributed by atoms with van der Waals surface area (Å²) in [5.41, 5.74) is 1.12. The van der Waals surface area contributed by atoms with Crippen molar-refractivity contribution in [2.45, 2.75) is 24.8 Å². The molecule has 0 heterocycles. The molecule has 2 aromatic rings. The quantitative estimate of drug-likeness (QED) is 0.633. The van der Waals surface area contributed by atoms with Crippen LogP contribution in [0.3, 0.4) is 0 Å². The molecule has 9 heteroatoms. The van der Waals surface area contributed by atoms with Crippen LogP contribution in [0.1, 0.15) is 29.3 Å². The van der Waals surface area contributed by atoms with Gasteiger partial charge in [-0.2, -0.15) is 0 Å². The Morgan fingerprint density at radius 1 is 1.07 bits per heavy atom. The van der Waals surface area contributed by atoms with Gasteiger partial charge in [0.15, 0.2) is 5.78 Å². The number of hydrogen-bond donors (Lipinski definition) is 1. The molecule has 0 unspecified atom stereocenters. The number of carbonyl (C=O) groups excluding carboxylic acids is 2. The molecule has 0 saturated heterocycles. The van der Waals surface area contributed by atoms with Crippen LogP contribution in [0.25, 0.3) is 0 Å². The second kappa shape index (κ2) is 9.52. The number of amides is 1. The second-order valence-corrected chi connectivity index (χ2v) is 8.81. The Hall–Kier alpha value is -1.93. The summed E-state index contributed by atoms with van der Waals surface area (Å²) in [5, 5.41) is 0.836. The molecular formula is C19H20Cl2N2O4S. The molecule has 2 rings (SSSR count).